The highest BCUT2D eigenvalue weighted by Crippen LogP contribution is 2.42. The molecule has 1 aliphatic heterocycles. The molecule has 0 bridgehead atoms. The summed E-state index contributed by atoms with van der Waals surface area (Å²) in [6, 6.07) is 5.52. The highest BCUT2D eigenvalue weighted by Gasteiger charge is 2.46. The zero-order valence-corrected chi connectivity index (χ0v) is 25.1. The zero-order chi connectivity index (χ0) is 29.1. The van der Waals surface area contributed by atoms with Crippen LogP contribution >= 0.6 is 34.5 Å². The molecule has 2 amide bonds. The molecule has 0 aliphatic carbocycles. The van der Waals surface area contributed by atoms with Crippen LogP contribution in [0.15, 0.2) is 41.0 Å². The summed E-state index contributed by atoms with van der Waals surface area (Å²) in [6.07, 6.45) is -2.94. The van der Waals surface area contributed by atoms with Gasteiger partial charge in [-0.3, -0.25) is 12.7 Å². The van der Waals surface area contributed by atoms with Gasteiger partial charge in [0, 0.05) is 50.4 Å². The standard InChI is InChI=1S/C26H31ClF3IN6O2/c1-16(8-13-23(38)34(4)5)25(39)36(31)24(26(28,29)30)18-9-11-19(12-10-18)35-14-6-7-20(17(35)2)37-22(32-3)15-21(27)33-37/h9-12,15-16,24H,3,6-8,13-14H2,1-2,4-5H3/t16-,24-/m0/s1. The molecule has 1 aromatic heterocycles. The molecule has 0 saturated heterocycles. The smallest absolute Gasteiger partial charge is 0.349 e. The predicted octanol–water partition coefficient (Wildman–Crippen LogP) is 6.64. The van der Waals surface area contributed by atoms with Gasteiger partial charge in [0.2, 0.25) is 11.8 Å². The Bertz CT molecular complexity index is 1250. The largest absolute Gasteiger partial charge is 0.413 e. The summed E-state index contributed by atoms with van der Waals surface area (Å²) >= 11 is 7.50. The first-order chi connectivity index (χ1) is 18.3. The number of hydrogen-bond donors (Lipinski definition) is 0. The molecule has 2 heterocycles. The highest BCUT2D eigenvalue weighted by atomic mass is 127. The van der Waals surface area contributed by atoms with E-state index in [2.05, 4.69) is 16.8 Å². The minimum atomic E-state index is -4.70. The van der Waals surface area contributed by atoms with Crippen molar-refractivity contribution in [3.8, 4) is 0 Å². The number of anilines is 1. The lowest BCUT2D eigenvalue weighted by Crippen LogP contribution is -2.38. The van der Waals surface area contributed by atoms with E-state index in [0.717, 1.165) is 24.2 Å². The fourth-order valence-electron chi connectivity index (χ4n) is 4.46. The highest BCUT2D eigenvalue weighted by molar-refractivity contribution is 14.1. The number of halogens is 5. The van der Waals surface area contributed by atoms with Crippen LogP contribution in [0.25, 0.3) is 5.70 Å². The van der Waals surface area contributed by atoms with Gasteiger partial charge >= 0.3 is 6.18 Å². The van der Waals surface area contributed by atoms with Crippen LogP contribution < -0.4 is 4.90 Å². The van der Waals surface area contributed by atoms with E-state index >= 15 is 0 Å². The van der Waals surface area contributed by atoms with Crippen molar-refractivity contribution in [2.75, 3.05) is 25.5 Å². The summed E-state index contributed by atoms with van der Waals surface area (Å²) in [4.78, 5) is 32.2. The van der Waals surface area contributed by atoms with Crippen LogP contribution in [-0.4, -0.2) is 63.1 Å². The van der Waals surface area contributed by atoms with Crippen molar-refractivity contribution in [2.24, 2.45) is 10.9 Å². The van der Waals surface area contributed by atoms with Gasteiger partial charge in [0.15, 0.2) is 17.0 Å². The number of alkyl halides is 3. The first-order valence-corrected chi connectivity index (χ1v) is 13.7. The zero-order valence-electron chi connectivity index (χ0n) is 22.2. The number of aromatic nitrogens is 2. The quantitative estimate of drug-likeness (QED) is 0.169. The van der Waals surface area contributed by atoms with Crippen LogP contribution in [0.5, 0.6) is 0 Å². The Morgan fingerprint density at radius 3 is 2.46 bits per heavy atom. The van der Waals surface area contributed by atoms with Crippen molar-refractivity contribution in [2.45, 2.75) is 51.7 Å². The maximum Gasteiger partial charge on any atom is 0.413 e. The average Bonchev–Trinajstić information content (AvgIpc) is 3.26. The number of rotatable bonds is 9. The maximum atomic E-state index is 14.2. The number of carbonyl (C=O) groups is 2. The maximum absolute atomic E-state index is 14.2. The van der Waals surface area contributed by atoms with Crippen molar-refractivity contribution in [1.82, 2.24) is 17.8 Å². The van der Waals surface area contributed by atoms with Gasteiger partial charge in [0.1, 0.15) is 0 Å². The Morgan fingerprint density at radius 2 is 1.90 bits per heavy atom. The molecule has 212 valence electrons. The van der Waals surface area contributed by atoms with E-state index in [1.54, 1.807) is 37.0 Å². The third-order valence-corrected chi connectivity index (χ3v) is 7.89. The van der Waals surface area contributed by atoms with E-state index < -0.39 is 24.0 Å². The van der Waals surface area contributed by atoms with E-state index in [9.17, 15) is 22.8 Å². The van der Waals surface area contributed by atoms with E-state index in [1.165, 1.54) is 46.8 Å². The second-order valence-electron chi connectivity index (χ2n) is 9.60. The van der Waals surface area contributed by atoms with Gasteiger partial charge in [0.25, 0.3) is 0 Å². The summed E-state index contributed by atoms with van der Waals surface area (Å²) < 4.78 is 45.0. The Labute approximate surface area is 245 Å². The SMILES string of the molecule is C=Nc1cc(Cl)nn1C1=C(C)N(c2ccc([C@H](N(I)C(=O)[C@@H](C)CCC(=O)N(C)C)C(F)(F)F)cc2)CCC1. The number of benzene rings is 1. The Hall–Kier alpha value is -2.61. The van der Waals surface area contributed by atoms with Crippen LogP contribution in [0.1, 0.15) is 51.1 Å². The average molecular weight is 679 g/mol. The summed E-state index contributed by atoms with van der Waals surface area (Å²) in [5, 5.41) is 4.59. The molecular weight excluding hydrogens is 648 g/mol. The molecule has 13 heteroatoms. The molecule has 3 rings (SSSR count). The van der Waals surface area contributed by atoms with Gasteiger partial charge in [-0.1, -0.05) is 30.7 Å². The molecule has 0 unspecified atom stereocenters. The van der Waals surface area contributed by atoms with Crippen molar-refractivity contribution >= 4 is 70.2 Å². The molecule has 0 spiro atoms. The first kappa shape index (κ1) is 30.9. The lowest BCUT2D eigenvalue weighted by molar-refractivity contribution is -0.177. The second-order valence-corrected chi connectivity index (χ2v) is 11.0. The van der Waals surface area contributed by atoms with E-state index in [0.29, 0.717) is 21.2 Å². The molecule has 1 aromatic carbocycles. The van der Waals surface area contributed by atoms with Gasteiger partial charge in [0.05, 0.1) is 28.6 Å². The van der Waals surface area contributed by atoms with Crippen LogP contribution in [0.2, 0.25) is 5.15 Å². The van der Waals surface area contributed by atoms with Crippen molar-refractivity contribution in [1.29, 1.82) is 0 Å². The number of hydrogen-bond acceptors (Lipinski definition) is 5. The molecule has 2 aromatic rings. The Morgan fingerprint density at radius 1 is 1.26 bits per heavy atom. The van der Waals surface area contributed by atoms with Crippen molar-refractivity contribution in [3.63, 3.8) is 0 Å². The summed E-state index contributed by atoms with van der Waals surface area (Å²) in [5.74, 6) is -1.11. The lowest BCUT2D eigenvalue weighted by atomic mass is 10.0. The van der Waals surface area contributed by atoms with Crippen molar-refractivity contribution < 1.29 is 22.8 Å². The van der Waals surface area contributed by atoms with Gasteiger partial charge in [-0.15, -0.1) is 0 Å². The summed E-state index contributed by atoms with van der Waals surface area (Å²) in [6.45, 7) is 7.69. The molecule has 0 radical (unpaired) electrons. The molecule has 39 heavy (non-hydrogen) atoms. The first-order valence-electron chi connectivity index (χ1n) is 12.3. The number of aliphatic imine (C=N–C) groups is 1. The van der Waals surface area contributed by atoms with E-state index in [1.807, 2.05) is 11.8 Å². The van der Waals surface area contributed by atoms with Gasteiger partial charge in [-0.25, -0.2) is 9.67 Å². The van der Waals surface area contributed by atoms with Gasteiger partial charge in [-0.2, -0.15) is 18.3 Å². The summed E-state index contributed by atoms with van der Waals surface area (Å²) in [5.41, 5.74) is 2.40. The third-order valence-electron chi connectivity index (χ3n) is 6.68. The van der Waals surface area contributed by atoms with Gasteiger partial charge < -0.3 is 9.80 Å². The van der Waals surface area contributed by atoms with Crippen LogP contribution in [-0.2, 0) is 9.59 Å². The third kappa shape index (κ3) is 7.13. The minimum absolute atomic E-state index is 0.0542. The van der Waals surface area contributed by atoms with Crippen molar-refractivity contribution in [3.05, 3.63) is 46.7 Å². The Kier molecular flexibility index (Phi) is 10.1. The van der Waals surface area contributed by atoms with Crippen LogP contribution in [0.3, 0.4) is 0 Å². The molecule has 8 nitrogen and oxygen atoms in total. The number of carbonyl (C=O) groups excluding carboxylic acids is 2. The molecule has 2 atom stereocenters. The molecular formula is C26H31ClF3IN6O2. The summed E-state index contributed by atoms with van der Waals surface area (Å²) in [7, 11) is 3.18. The normalized spacial score (nSPS) is 15.7. The Balaban J connectivity index is 1.85. The van der Waals surface area contributed by atoms with E-state index in [-0.39, 0.29) is 29.5 Å². The molecule has 0 saturated carbocycles. The topological polar surface area (TPSA) is 74.0 Å². The molecule has 0 fully saturated rings. The minimum Gasteiger partial charge on any atom is -0.349 e. The molecule has 1 aliphatic rings. The lowest BCUT2D eigenvalue weighted by Gasteiger charge is -2.33. The number of nitrogens with zero attached hydrogens (tertiary/aromatic N) is 6. The predicted molar refractivity (Wildman–Crippen MR) is 155 cm³/mol. The van der Waals surface area contributed by atoms with Crippen LogP contribution in [0.4, 0.5) is 24.7 Å². The fourth-order valence-corrected chi connectivity index (χ4v) is 5.74. The molecule has 0 N–H and O–H groups in total. The number of amides is 2. The van der Waals surface area contributed by atoms with E-state index in [4.69, 9.17) is 11.6 Å². The second kappa shape index (κ2) is 12.7. The fraction of sp³-hybridized carbons (Fsp3) is 0.462. The van der Waals surface area contributed by atoms with Crippen LogP contribution in [0, 0.1) is 5.92 Å². The number of allylic oxidation sites excluding steroid dienone is 2. The van der Waals surface area contributed by atoms with Gasteiger partial charge in [-0.05, 0) is 50.6 Å². The monoisotopic (exact) mass is 678 g/mol.